The maximum absolute atomic E-state index is 13.8. The molecule has 0 bridgehead atoms. The fourth-order valence-corrected chi connectivity index (χ4v) is 5.49. The number of benzene rings is 3. The second kappa shape index (κ2) is 12.1. The van der Waals surface area contributed by atoms with Gasteiger partial charge in [-0.1, -0.05) is 66.6 Å². The number of anilines is 1. The molecule has 0 heterocycles. The fourth-order valence-electron chi connectivity index (χ4n) is 3.95. The summed E-state index contributed by atoms with van der Waals surface area (Å²) in [5.41, 5.74) is 2.20. The number of amides is 2. The highest BCUT2D eigenvalue weighted by molar-refractivity contribution is 7.92. The molecule has 0 saturated heterocycles. The van der Waals surface area contributed by atoms with Crippen LogP contribution in [-0.2, 0) is 26.2 Å². The predicted octanol–water partition coefficient (Wildman–Crippen LogP) is 4.40. The van der Waals surface area contributed by atoms with E-state index in [1.165, 1.54) is 36.2 Å². The summed E-state index contributed by atoms with van der Waals surface area (Å²) in [6.07, 6.45) is 0.368. The number of sulfonamides is 1. The molecule has 2 amide bonds. The lowest BCUT2D eigenvalue weighted by atomic mass is 10.1. The SMILES string of the molecule is CC[C@H](C(=O)NC)N(Cc1cccc(C)c1)C(=O)CN(c1ccccc1)S(=O)(=O)c1ccc(Cl)cc1. The molecule has 0 aromatic heterocycles. The van der Waals surface area contributed by atoms with E-state index in [1.54, 1.807) is 30.3 Å². The summed E-state index contributed by atoms with van der Waals surface area (Å²) in [4.78, 5) is 27.9. The van der Waals surface area contributed by atoms with E-state index in [0.29, 0.717) is 17.1 Å². The molecule has 3 rings (SSSR count). The molecule has 1 N–H and O–H groups in total. The molecule has 7 nitrogen and oxygen atoms in total. The zero-order chi connectivity index (χ0) is 26.3. The van der Waals surface area contributed by atoms with Gasteiger partial charge in [-0.05, 0) is 55.3 Å². The first-order valence-corrected chi connectivity index (χ1v) is 13.4. The van der Waals surface area contributed by atoms with Crippen molar-refractivity contribution in [2.45, 2.75) is 37.8 Å². The molecule has 0 spiro atoms. The number of nitrogens with zero attached hydrogens (tertiary/aromatic N) is 2. The highest BCUT2D eigenvalue weighted by Crippen LogP contribution is 2.25. The molecule has 1 atom stereocenters. The number of rotatable bonds is 10. The third-order valence-electron chi connectivity index (χ3n) is 5.79. The highest BCUT2D eigenvalue weighted by atomic mass is 35.5. The maximum atomic E-state index is 13.8. The Morgan fingerprint density at radius 1 is 0.972 bits per heavy atom. The molecular weight excluding hydrogens is 498 g/mol. The Morgan fingerprint density at radius 2 is 1.64 bits per heavy atom. The van der Waals surface area contributed by atoms with Crippen molar-refractivity contribution in [1.82, 2.24) is 10.2 Å². The van der Waals surface area contributed by atoms with Crippen molar-refractivity contribution in [1.29, 1.82) is 0 Å². The molecule has 0 radical (unpaired) electrons. The molecule has 9 heteroatoms. The van der Waals surface area contributed by atoms with Crippen molar-refractivity contribution >= 4 is 39.1 Å². The van der Waals surface area contributed by atoms with Gasteiger partial charge in [0.2, 0.25) is 11.8 Å². The Kier molecular flexibility index (Phi) is 9.12. The van der Waals surface area contributed by atoms with Gasteiger partial charge in [0.05, 0.1) is 10.6 Å². The van der Waals surface area contributed by atoms with Crippen LogP contribution >= 0.6 is 11.6 Å². The van der Waals surface area contributed by atoms with Crippen molar-refractivity contribution in [3.8, 4) is 0 Å². The minimum atomic E-state index is -4.11. The van der Waals surface area contributed by atoms with Gasteiger partial charge in [-0.2, -0.15) is 0 Å². The van der Waals surface area contributed by atoms with Crippen LogP contribution in [0.4, 0.5) is 5.69 Å². The van der Waals surface area contributed by atoms with E-state index in [0.717, 1.165) is 15.4 Å². The van der Waals surface area contributed by atoms with E-state index in [1.807, 2.05) is 38.1 Å². The van der Waals surface area contributed by atoms with Crippen LogP contribution in [0.2, 0.25) is 5.02 Å². The molecule has 3 aromatic rings. The van der Waals surface area contributed by atoms with Gasteiger partial charge in [0, 0.05) is 18.6 Å². The first kappa shape index (κ1) is 27.2. The summed E-state index contributed by atoms with van der Waals surface area (Å²) in [6.45, 7) is 3.45. The zero-order valence-electron chi connectivity index (χ0n) is 20.5. The second-order valence-corrected chi connectivity index (χ2v) is 10.6. The summed E-state index contributed by atoms with van der Waals surface area (Å²) in [5, 5.41) is 3.02. The minimum absolute atomic E-state index is 0.00660. The maximum Gasteiger partial charge on any atom is 0.264 e. The van der Waals surface area contributed by atoms with Gasteiger partial charge in [-0.25, -0.2) is 8.42 Å². The normalized spacial score (nSPS) is 12.0. The summed E-state index contributed by atoms with van der Waals surface area (Å²) < 4.78 is 28.4. The van der Waals surface area contributed by atoms with Gasteiger partial charge < -0.3 is 10.2 Å². The Morgan fingerprint density at radius 3 is 2.22 bits per heavy atom. The van der Waals surface area contributed by atoms with Gasteiger partial charge in [-0.3, -0.25) is 13.9 Å². The number of carbonyl (C=O) groups excluding carboxylic acids is 2. The third-order valence-corrected chi connectivity index (χ3v) is 7.83. The van der Waals surface area contributed by atoms with Gasteiger partial charge in [0.1, 0.15) is 12.6 Å². The molecule has 0 aliphatic heterocycles. The van der Waals surface area contributed by atoms with Crippen LogP contribution in [0.1, 0.15) is 24.5 Å². The average Bonchev–Trinajstić information content (AvgIpc) is 2.87. The quantitative estimate of drug-likeness (QED) is 0.423. The minimum Gasteiger partial charge on any atom is -0.357 e. The number of halogens is 1. The van der Waals surface area contributed by atoms with Crippen LogP contribution < -0.4 is 9.62 Å². The topological polar surface area (TPSA) is 86.8 Å². The molecule has 0 fully saturated rings. The van der Waals surface area contributed by atoms with Crippen molar-refractivity contribution in [3.05, 3.63) is 95.0 Å². The summed E-state index contributed by atoms with van der Waals surface area (Å²) >= 11 is 5.96. The van der Waals surface area contributed by atoms with Crippen LogP contribution in [0, 0.1) is 6.92 Å². The highest BCUT2D eigenvalue weighted by Gasteiger charge is 2.33. The fraction of sp³-hybridized carbons (Fsp3) is 0.259. The van der Waals surface area contributed by atoms with Crippen LogP contribution in [0.3, 0.4) is 0 Å². The van der Waals surface area contributed by atoms with E-state index in [-0.39, 0.29) is 17.3 Å². The van der Waals surface area contributed by atoms with Crippen LogP contribution in [-0.4, -0.2) is 44.8 Å². The largest absolute Gasteiger partial charge is 0.357 e. The molecule has 36 heavy (non-hydrogen) atoms. The molecular formula is C27H30ClN3O4S. The molecule has 0 aliphatic rings. The Labute approximate surface area is 217 Å². The van der Waals surface area contributed by atoms with Crippen molar-refractivity contribution in [2.24, 2.45) is 0 Å². The Balaban J connectivity index is 2.03. The molecule has 0 unspecified atom stereocenters. The van der Waals surface area contributed by atoms with Crippen molar-refractivity contribution in [3.63, 3.8) is 0 Å². The van der Waals surface area contributed by atoms with E-state index in [4.69, 9.17) is 11.6 Å². The van der Waals surface area contributed by atoms with Gasteiger partial charge >= 0.3 is 0 Å². The zero-order valence-corrected chi connectivity index (χ0v) is 22.1. The average molecular weight is 528 g/mol. The summed E-state index contributed by atoms with van der Waals surface area (Å²) in [5.74, 6) is -0.807. The molecule has 3 aromatic carbocycles. The van der Waals surface area contributed by atoms with E-state index in [2.05, 4.69) is 5.32 Å². The predicted molar refractivity (Wildman–Crippen MR) is 142 cm³/mol. The van der Waals surface area contributed by atoms with Gasteiger partial charge in [0.25, 0.3) is 10.0 Å². The number of likely N-dealkylation sites (N-methyl/N-ethyl adjacent to an activating group) is 1. The number of para-hydroxylation sites is 1. The van der Waals surface area contributed by atoms with Crippen LogP contribution in [0.5, 0.6) is 0 Å². The van der Waals surface area contributed by atoms with E-state index < -0.39 is 28.5 Å². The standard InChI is InChI=1S/C27H30ClN3O4S/c1-4-25(27(33)29-3)30(18-21-10-8-9-20(2)17-21)26(32)19-31(23-11-6-5-7-12-23)36(34,35)24-15-13-22(28)14-16-24/h5-17,25H,4,18-19H2,1-3H3,(H,29,33)/t25-/m1/s1. The molecule has 190 valence electrons. The Hall–Kier alpha value is -3.36. The van der Waals surface area contributed by atoms with E-state index in [9.17, 15) is 18.0 Å². The molecule has 0 aliphatic carbocycles. The lowest BCUT2D eigenvalue weighted by Gasteiger charge is -2.33. The summed E-state index contributed by atoms with van der Waals surface area (Å²) in [6, 6.07) is 21.1. The smallest absolute Gasteiger partial charge is 0.264 e. The monoisotopic (exact) mass is 527 g/mol. The number of carbonyl (C=O) groups is 2. The lowest BCUT2D eigenvalue weighted by molar-refractivity contribution is -0.140. The second-order valence-electron chi connectivity index (χ2n) is 8.35. The van der Waals surface area contributed by atoms with E-state index >= 15 is 0 Å². The number of hydrogen-bond acceptors (Lipinski definition) is 4. The first-order chi connectivity index (χ1) is 17.2. The number of aryl methyl sites for hydroxylation is 1. The van der Waals surface area contributed by atoms with Crippen LogP contribution in [0.25, 0.3) is 0 Å². The van der Waals surface area contributed by atoms with Crippen molar-refractivity contribution in [2.75, 3.05) is 17.9 Å². The number of hydrogen-bond donors (Lipinski definition) is 1. The molecule has 0 saturated carbocycles. The van der Waals surface area contributed by atoms with Gasteiger partial charge in [0.15, 0.2) is 0 Å². The summed E-state index contributed by atoms with van der Waals surface area (Å²) in [7, 11) is -2.60. The lowest BCUT2D eigenvalue weighted by Crippen LogP contribution is -2.51. The first-order valence-electron chi connectivity index (χ1n) is 11.6. The van der Waals surface area contributed by atoms with Gasteiger partial charge in [-0.15, -0.1) is 0 Å². The third kappa shape index (κ3) is 6.44. The van der Waals surface area contributed by atoms with Crippen molar-refractivity contribution < 1.29 is 18.0 Å². The number of nitrogens with one attached hydrogen (secondary N) is 1. The Bertz CT molecular complexity index is 1300. The van der Waals surface area contributed by atoms with Crippen LogP contribution in [0.15, 0.2) is 83.8 Å².